The fraction of sp³-hybridized carbons (Fsp3) is 0.812. The Morgan fingerprint density at radius 2 is 2.21 bits per heavy atom. The Hall–Kier alpha value is -0.830. The van der Waals surface area contributed by atoms with Gasteiger partial charge in [-0.1, -0.05) is 27.2 Å². The van der Waals surface area contributed by atoms with Crippen LogP contribution in [0.5, 0.6) is 0 Å². The van der Waals surface area contributed by atoms with Crippen molar-refractivity contribution in [2.24, 2.45) is 11.8 Å². The second-order valence-corrected chi connectivity index (χ2v) is 6.07. The van der Waals surface area contributed by atoms with E-state index in [2.05, 4.69) is 41.8 Å². The molecule has 0 amide bonds. The Bertz CT molecular complexity index is 370. The minimum Gasteiger partial charge on any atom is -0.335 e. The molecule has 0 bridgehead atoms. The molecule has 1 aromatic heterocycles. The number of rotatable bonds is 6. The molecule has 3 unspecified atom stereocenters. The van der Waals surface area contributed by atoms with E-state index in [1.165, 1.54) is 31.5 Å². The van der Waals surface area contributed by atoms with E-state index in [4.69, 9.17) is 0 Å². The predicted molar refractivity (Wildman–Crippen MR) is 80.3 cm³/mol. The zero-order valence-corrected chi connectivity index (χ0v) is 12.7. The van der Waals surface area contributed by atoms with Crippen LogP contribution >= 0.6 is 0 Å². The van der Waals surface area contributed by atoms with Gasteiger partial charge in [-0.2, -0.15) is 0 Å². The first-order valence-corrected chi connectivity index (χ1v) is 7.98. The van der Waals surface area contributed by atoms with Gasteiger partial charge in [-0.3, -0.25) is 0 Å². The second kappa shape index (κ2) is 7.09. The van der Waals surface area contributed by atoms with Crippen molar-refractivity contribution in [1.29, 1.82) is 0 Å². The highest BCUT2D eigenvalue weighted by atomic mass is 15.1. The van der Waals surface area contributed by atoms with E-state index in [0.717, 1.165) is 31.5 Å². The average Bonchev–Trinajstić information content (AvgIpc) is 2.86. The van der Waals surface area contributed by atoms with E-state index >= 15 is 0 Å². The molecular formula is C16H29N3. The van der Waals surface area contributed by atoms with Crippen molar-refractivity contribution in [3.8, 4) is 0 Å². The van der Waals surface area contributed by atoms with Gasteiger partial charge in [-0.15, -0.1) is 0 Å². The maximum Gasteiger partial charge on any atom is 0.112 e. The van der Waals surface area contributed by atoms with Crippen molar-refractivity contribution in [2.45, 2.75) is 58.9 Å². The van der Waals surface area contributed by atoms with Gasteiger partial charge in [0, 0.05) is 24.9 Å². The number of aromatic nitrogens is 2. The van der Waals surface area contributed by atoms with Crippen LogP contribution in [0.25, 0.3) is 0 Å². The number of hydrogen-bond donors (Lipinski definition) is 1. The van der Waals surface area contributed by atoms with Gasteiger partial charge in [0.15, 0.2) is 0 Å². The lowest BCUT2D eigenvalue weighted by molar-refractivity contribution is 0.231. The van der Waals surface area contributed by atoms with Gasteiger partial charge < -0.3 is 9.88 Å². The first-order chi connectivity index (χ1) is 9.26. The highest BCUT2D eigenvalue weighted by Crippen LogP contribution is 2.39. The lowest BCUT2D eigenvalue weighted by Gasteiger charge is -2.35. The highest BCUT2D eigenvalue weighted by molar-refractivity contribution is 5.05. The maximum atomic E-state index is 4.69. The molecule has 0 radical (unpaired) electrons. The van der Waals surface area contributed by atoms with Crippen molar-refractivity contribution in [2.75, 3.05) is 13.1 Å². The Morgan fingerprint density at radius 3 is 2.95 bits per heavy atom. The third-order valence-electron chi connectivity index (χ3n) is 4.46. The third kappa shape index (κ3) is 3.59. The Balaban J connectivity index is 2.13. The molecule has 2 rings (SSSR count). The van der Waals surface area contributed by atoms with Gasteiger partial charge in [0.1, 0.15) is 5.82 Å². The summed E-state index contributed by atoms with van der Waals surface area (Å²) >= 11 is 0. The van der Waals surface area contributed by atoms with Crippen LogP contribution < -0.4 is 5.32 Å². The minimum atomic E-state index is 0.643. The Labute approximate surface area is 117 Å². The van der Waals surface area contributed by atoms with Crippen LogP contribution in [0.3, 0.4) is 0 Å². The normalized spacial score (nSPS) is 27.6. The fourth-order valence-corrected chi connectivity index (χ4v) is 3.41. The van der Waals surface area contributed by atoms with Crippen LogP contribution in [0.4, 0.5) is 0 Å². The van der Waals surface area contributed by atoms with Crippen molar-refractivity contribution >= 4 is 0 Å². The molecule has 1 saturated carbocycles. The van der Waals surface area contributed by atoms with Gasteiger partial charge in [0.2, 0.25) is 0 Å². The summed E-state index contributed by atoms with van der Waals surface area (Å²) in [7, 11) is 0. The van der Waals surface area contributed by atoms with Gasteiger partial charge in [0.25, 0.3) is 0 Å². The maximum absolute atomic E-state index is 4.69. The van der Waals surface area contributed by atoms with Crippen molar-refractivity contribution in [1.82, 2.24) is 14.9 Å². The summed E-state index contributed by atoms with van der Waals surface area (Å²) in [5.74, 6) is 3.57. The van der Waals surface area contributed by atoms with Crippen LogP contribution in [0, 0.1) is 11.8 Å². The fourth-order valence-electron chi connectivity index (χ4n) is 3.41. The molecule has 1 aromatic rings. The topological polar surface area (TPSA) is 29.9 Å². The van der Waals surface area contributed by atoms with E-state index < -0.39 is 0 Å². The number of nitrogens with one attached hydrogen (secondary N) is 1. The molecule has 0 saturated heterocycles. The van der Waals surface area contributed by atoms with Crippen LogP contribution in [0.1, 0.15) is 58.2 Å². The molecule has 108 valence electrons. The van der Waals surface area contributed by atoms with Gasteiger partial charge >= 0.3 is 0 Å². The second-order valence-electron chi connectivity index (χ2n) is 6.07. The summed E-state index contributed by atoms with van der Waals surface area (Å²) in [6.07, 6.45) is 9.34. The molecule has 1 fully saturated rings. The van der Waals surface area contributed by atoms with E-state index in [1.807, 2.05) is 6.20 Å². The smallest absolute Gasteiger partial charge is 0.112 e. The van der Waals surface area contributed by atoms with E-state index in [-0.39, 0.29) is 0 Å². The first-order valence-electron chi connectivity index (χ1n) is 7.98. The van der Waals surface area contributed by atoms with Crippen molar-refractivity contribution < 1.29 is 0 Å². The third-order valence-corrected chi connectivity index (χ3v) is 4.46. The molecule has 0 aromatic carbocycles. The summed E-state index contributed by atoms with van der Waals surface area (Å²) < 4.78 is 2.38. The van der Waals surface area contributed by atoms with Gasteiger partial charge in [0.05, 0.1) is 0 Å². The molecule has 1 aliphatic carbocycles. The number of hydrogen-bond acceptors (Lipinski definition) is 2. The minimum absolute atomic E-state index is 0.643. The summed E-state index contributed by atoms with van der Waals surface area (Å²) in [4.78, 5) is 4.69. The van der Waals surface area contributed by atoms with Crippen LogP contribution in [0.15, 0.2) is 12.4 Å². The van der Waals surface area contributed by atoms with Crippen molar-refractivity contribution in [3.05, 3.63) is 18.2 Å². The van der Waals surface area contributed by atoms with E-state index in [9.17, 15) is 0 Å². The van der Waals surface area contributed by atoms with Crippen LogP contribution in [0.2, 0.25) is 0 Å². The van der Waals surface area contributed by atoms with Crippen LogP contribution in [-0.4, -0.2) is 22.6 Å². The molecule has 3 atom stereocenters. The summed E-state index contributed by atoms with van der Waals surface area (Å²) in [6.45, 7) is 10.1. The van der Waals surface area contributed by atoms with Crippen LogP contribution in [-0.2, 0) is 6.54 Å². The number of aryl methyl sites for hydroxylation is 1. The monoisotopic (exact) mass is 263 g/mol. The molecule has 0 spiro atoms. The summed E-state index contributed by atoms with van der Waals surface area (Å²) in [5.41, 5.74) is 0. The largest absolute Gasteiger partial charge is 0.335 e. The Morgan fingerprint density at radius 1 is 1.37 bits per heavy atom. The molecule has 1 aliphatic rings. The molecular weight excluding hydrogens is 234 g/mol. The van der Waals surface area contributed by atoms with Gasteiger partial charge in [-0.25, -0.2) is 4.98 Å². The zero-order valence-electron chi connectivity index (χ0n) is 12.7. The summed E-state index contributed by atoms with van der Waals surface area (Å²) in [5, 5.41) is 3.54. The van der Waals surface area contributed by atoms with Gasteiger partial charge in [-0.05, 0) is 44.2 Å². The zero-order chi connectivity index (χ0) is 13.7. The quantitative estimate of drug-likeness (QED) is 0.852. The summed E-state index contributed by atoms with van der Waals surface area (Å²) in [6, 6.07) is 0. The molecule has 1 heterocycles. The van der Waals surface area contributed by atoms with Crippen molar-refractivity contribution in [3.63, 3.8) is 0 Å². The molecule has 1 N–H and O–H groups in total. The SMILES string of the molecule is CCCn1ccnc1C1CC(C)CCC1CNCC. The van der Waals surface area contributed by atoms with E-state index in [1.54, 1.807) is 0 Å². The molecule has 3 nitrogen and oxygen atoms in total. The molecule has 19 heavy (non-hydrogen) atoms. The average molecular weight is 263 g/mol. The Kier molecular flexibility index (Phi) is 5.44. The predicted octanol–water partition coefficient (Wildman–Crippen LogP) is 3.42. The molecule has 3 heteroatoms. The number of imidazole rings is 1. The lowest BCUT2D eigenvalue weighted by Crippen LogP contribution is -2.32. The lowest BCUT2D eigenvalue weighted by atomic mass is 9.74. The highest BCUT2D eigenvalue weighted by Gasteiger charge is 2.32. The van der Waals surface area contributed by atoms with E-state index in [0.29, 0.717) is 5.92 Å². The first kappa shape index (κ1) is 14.6. The standard InChI is InChI=1S/C16H29N3/c1-4-9-19-10-8-18-16(19)15-11-13(3)6-7-14(15)12-17-5-2/h8,10,13-15,17H,4-7,9,11-12H2,1-3H3. The molecule has 0 aliphatic heterocycles. The number of nitrogens with zero attached hydrogens (tertiary/aromatic N) is 2.